The number of nitrogens with one attached hydrogen (secondary N) is 1. The van der Waals surface area contributed by atoms with E-state index in [0.717, 1.165) is 5.56 Å². The molecule has 0 atom stereocenters. The van der Waals surface area contributed by atoms with E-state index in [1.54, 1.807) is 30.3 Å². The number of hydrogen-bond donors (Lipinski definition) is 2. The van der Waals surface area contributed by atoms with Crippen molar-refractivity contribution in [3.8, 4) is 11.1 Å². The molecule has 1 amide bonds. The maximum Gasteiger partial charge on any atom is 0.270 e. The third kappa shape index (κ3) is 3.70. The van der Waals surface area contributed by atoms with Gasteiger partial charge in [0.1, 0.15) is 0 Å². The lowest BCUT2D eigenvalue weighted by atomic mass is 9.99. The molecule has 3 N–H and O–H groups in total. The zero-order valence-corrected chi connectivity index (χ0v) is 13.9. The highest BCUT2D eigenvalue weighted by Gasteiger charge is 2.15. The van der Waals surface area contributed by atoms with Crippen LogP contribution in [0.2, 0.25) is 0 Å². The number of benzene rings is 3. The zero-order chi connectivity index (χ0) is 18.5. The van der Waals surface area contributed by atoms with Gasteiger partial charge in [0.2, 0.25) is 0 Å². The maximum absolute atomic E-state index is 12.5. The summed E-state index contributed by atoms with van der Waals surface area (Å²) in [6.07, 6.45) is 0. The smallest absolute Gasteiger partial charge is 0.270 e. The van der Waals surface area contributed by atoms with Crippen LogP contribution in [0.25, 0.3) is 11.1 Å². The molecule has 6 nitrogen and oxygen atoms in total. The van der Waals surface area contributed by atoms with E-state index in [1.807, 2.05) is 30.3 Å². The highest BCUT2D eigenvalue weighted by Crippen LogP contribution is 2.30. The highest BCUT2D eigenvalue weighted by molar-refractivity contribution is 6.02. The van der Waals surface area contributed by atoms with Gasteiger partial charge in [-0.15, -0.1) is 0 Å². The molecule has 0 radical (unpaired) electrons. The summed E-state index contributed by atoms with van der Waals surface area (Å²) in [6.45, 7) is 0.389. The molecular formula is C20H17N3O3. The second kappa shape index (κ2) is 7.48. The Morgan fingerprint density at radius 3 is 2.46 bits per heavy atom. The first-order valence-electron chi connectivity index (χ1n) is 8.01. The average molecular weight is 347 g/mol. The van der Waals surface area contributed by atoms with E-state index in [0.29, 0.717) is 28.9 Å². The van der Waals surface area contributed by atoms with Crippen LogP contribution < -0.4 is 11.1 Å². The molecule has 0 fully saturated rings. The molecule has 0 heterocycles. The van der Waals surface area contributed by atoms with Crippen LogP contribution in [0.1, 0.15) is 15.9 Å². The topological polar surface area (TPSA) is 98.3 Å². The molecule has 6 heteroatoms. The minimum atomic E-state index is -0.462. The van der Waals surface area contributed by atoms with Crippen LogP contribution in [-0.2, 0) is 6.54 Å². The molecule has 0 saturated carbocycles. The fraction of sp³-hybridized carbons (Fsp3) is 0.0500. The minimum absolute atomic E-state index is 0.0270. The van der Waals surface area contributed by atoms with Gasteiger partial charge in [0.15, 0.2) is 0 Å². The first-order valence-corrected chi connectivity index (χ1v) is 8.01. The molecule has 3 aromatic rings. The molecule has 3 aromatic carbocycles. The molecule has 130 valence electrons. The van der Waals surface area contributed by atoms with Crippen LogP contribution in [0.3, 0.4) is 0 Å². The Labute approximate surface area is 150 Å². The number of carbonyl (C=O) groups is 1. The zero-order valence-electron chi connectivity index (χ0n) is 13.9. The summed E-state index contributed by atoms with van der Waals surface area (Å²) in [4.78, 5) is 23.0. The second-order valence-electron chi connectivity index (χ2n) is 5.74. The van der Waals surface area contributed by atoms with Gasteiger partial charge in [0, 0.05) is 24.2 Å². The van der Waals surface area contributed by atoms with Crippen molar-refractivity contribution in [2.45, 2.75) is 6.54 Å². The first kappa shape index (κ1) is 17.2. The molecule has 0 bridgehead atoms. The number of hydrogen-bond acceptors (Lipinski definition) is 4. The van der Waals surface area contributed by atoms with E-state index in [2.05, 4.69) is 5.32 Å². The van der Waals surface area contributed by atoms with E-state index < -0.39 is 4.92 Å². The van der Waals surface area contributed by atoms with Crippen LogP contribution in [0.5, 0.6) is 0 Å². The highest BCUT2D eigenvalue weighted by atomic mass is 16.6. The summed E-state index contributed by atoms with van der Waals surface area (Å²) in [7, 11) is 0. The molecular weight excluding hydrogens is 330 g/mol. The van der Waals surface area contributed by atoms with Gasteiger partial charge in [-0.25, -0.2) is 0 Å². The molecule has 0 unspecified atom stereocenters. The molecule has 3 rings (SSSR count). The van der Waals surface area contributed by atoms with Crippen LogP contribution in [0, 0.1) is 10.1 Å². The number of rotatable bonds is 5. The summed E-state index contributed by atoms with van der Waals surface area (Å²) >= 11 is 0. The molecule has 0 aliphatic rings. The van der Waals surface area contributed by atoms with Crippen molar-refractivity contribution >= 4 is 17.3 Å². The molecule has 26 heavy (non-hydrogen) atoms. The van der Waals surface area contributed by atoms with Crippen molar-refractivity contribution in [3.05, 3.63) is 94.0 Å². The van der Waals surface area contributed by atoms with Gasteiger partial charge in [0.05, 0.1) is 16.2 Å². The van der Waals surface area contributed by atoms with Crippen molar-refractivity contribution in [2.24, 2.45) is 0 Å². The fourth-order valence-corrected chi connectivity index (χ4v) is 2.68. The molecule has 0 aliphatic carbocycles. The summed E-state index contributed by atoms with van der Waals surface area (Å²) in [5.74, 6) is -0.293. The van der Waals surface area contributed by atoms with Crippen LogP contribution in [-0.4, -0.2) is 10.8 Å². The Bertz CT molecular complexity index is 956. The summed E-state index contributed by atoms with van der Waals surface area (Å²) < 4.78 is 0. The van der Waals surface area contributed by atoms with Gasteiger partial charge in [-0.1, -0.05) is 54.6 Å². The van der Waals surface area contributed by atoms with Crippen molar-refractivity contribution < 1.29 is 9.72 Å². The third-order valence-electron chi connectivity index (χ3n) is 4.01. The average Bonchev–Trinajstić information content (AvgIpc) is 2.67. The second-order valence-corrected chi connectivity index (χ2v) is 5.74. The standard InChI is InChI=1S/C20H17N3O3/c21-19-17(15-8-4-9-16(12-15)23(25)26)10-5-11-18(19)20(24)22-13-14-6-2-1-3-7-14/h1-12H,13,21H2,(H,22,24). The molecule has 0 aromatic heterocycles. The summed E-state index contributed by atoms with van der Waals surface area (Å²) in [5, 5.41) is 13.8. The summed E-state index contributed by atoms with van der Waals surface area (Å²) in [6, 6.07) is 20.8. The molecule has 0 aliphatic heterocycles. The van der Waals surface area contributed by atoms with Crippen LogP contribution >= 0.6 is 0 Å². The van der Waals surface area contributed by atoms with E-state index >= 15 is 0 Å². The largest absolute Gasteiger partial charge is 0.398 e. The van der Waals surface area contributed by atoms with E-state index in [-0.39, 0.29) is 11.6 Å². The quantitative estimate of drug-likeness (QED) is 0.417. The van der Waals surface area contributed by atoms with Gasteiger partial charge in [-0.3, -0.25) is 14.9 Å². The lowest BCUT2D eigenvalue weighted by molar-refractivity contribution is -0.384. The molecule has 0 spiro atoms. The normalized spacial score (nSPS) is 10.3. The Hall–Kier alpha value is -3.67. The number of nitrogen functional groups attached to an aromatic ring is 1. The Morgan fingerprint density at radius 2 is 1.73 bits per heavy atom. The number of amides is 1. The lowest BCUT2D eigenvalue weighted by Gasteiger charge is -2.12. The SMILES string of the molecule is Nc1c(C(=O)NCc2ccccc2)cccc1-c1cccc([N+](=O)[O-])c1. The van der Waals surface area contributed by atoms with E-state index in [4.69, 9.17) is 5.73 Å². The predicted octanol–water partition coefficient (Wildman–Crippen LogP) is 3.77. The van der Waals surface area contributed by atoms with Crippen molar-refractivity contribution in [3.63, 3.8) is 0 Å². The summed E-state index contributed by atoms with van der Waals surface area (Å²) in [5.41, 5.74) is 8.94. The van der Waals surface area contributed by atoms with Gasteiger partial charge >= 0.3 is 0 Å². The monoisotopic (exact) mass is 347 g/mol. The Morgan fingerprint density at radius 1 is 1.00 bits per heavy atom. The van der Waals surface area contributed by atoms with Crippen LogP contribution in [0.4, 0.5) is 11.4 Å². The Balaban J connectivity index is 1.86. The number of carbonyl (C=O) groups excluding carboxylic acids is 1. The Kier molecular flexibility index (Phi) is 4.94. The van der Waals surface area contributed by atoms with Gasteiger partial charge in [-0.05, 0) is 17.2 Å². The van der Waals surface area contributed by atoms with E-state index in [1.165, 1.54) is 12.1 Å². The minimum Gasteiger partial charge on any atom is -0.398 e. The van der Waals surface area contributed by atoms with Gasteiger partial charge < -0.3 is 11.1 Å². The third-order valence-corrected chi connectivity index (χ3v) is 4.01. The number of non-ortho nitro benzene ring substituents is 1. The lowest BCUT2D eigenvalue weighted by Crippen LogP contribution is -2.23. The van der Waals surface area contributed by atoms with Crippen molar-refractivity contribution in [2.75, 3.05) is 5.73 Å². The van der Waals surface area contributed by atoms with Gasteiger partial charge in [-0.2, -0.15) is 0 Å². The first-order chi connectivity index (χ1) is 12.6. The van der Waals surface area contributed by atoms with E-state index in [9.17, 15) is 14.9 Å². The number of nitrogens with two attached hydrogens (primary N) is 1. The van der Waals surface area contributed by atoms with Gasteiger partial charge in [0.25, 0.3) is 11.6 Å². The fourth-order valence-electron chi connectivity index (χ4n) is 2.68. The number of nitro benzene ring substituents is 1. The maximum atomic E-state index is 12.5. The predicted molar refractivity (Wildman–Crippen MR) is 101 cm³/mol. The number of nitro groups is 1. The number of nitrogens with zero attached hydrogens (tertiary/aromatic N) is 1. The number of para-hydroxylation sites is 1. The molecule has 0 saturated heterocycles. The van der Waals surface area contributed by atoms with Crippen molar-refractivity contribution in [1.82, 2.24) is 5.32 Å². The number of anilines is 1. The van der Waals surface area contributed by atoms with Crippen LogP contribution in [0.15, 0.2) is 72.8 Å². The van der Waals surface area contributed by atoms with Crippen molar-refractivity contribution in [1.29, 1.82) is 0 Å².